The van der Waals surface area contributed by atoms with E-state index < -0.39 is 11.7 Å². The second kappa shape index (κ2) is 9.13. The molecule has 5 rings (SSSR count). The number of aromatic nitrogens is 2. The van der Waals surface area contributed by atoms with Crippen LogP contribution in [0.1, 0.15) is 24.0 Å². The van der Waals surface area contributed by atoms with Crippen molar-refractivity contribution in [3.63, 3.8) is 0 Å². The van der Waals surface area contributed by atoms with Crippen LogP contribution in [0, 0.1) is 12.7 Å². The van der Waals surface area contributed by atoms with Crippen LogP contribution in [0.25, 0.3) is 10.9 Å². The Morgan fingerprint density at radius 3 is 2.49 bits per heavy atom. The van der Waals surface area contributed by atoms with Crippen LogP contribution in [0.5, 0.6) is 5.75 Å². The lowest BCUT2D eigenvalue weighted by atomic mass is 10.1. The number of aromatic amines is 1. The van der Waals surface area contributed by atoms with Crippen LogP contribution in [0.2, 0.25) is 0 Å². The number of ether oxygens (including phenoxy) is 1. The number of anilines is 3. The second-order valence-corrected chi connectivity index (χ2v) is 8.68. The molecule has 35 heavy (non-hydrogen) atoms. The van der Waals surface area contributed by atoms with Gasteiger partial charge in [-0.2, -0.15) is 13.2 Å². The Morgan fingerprint density at radius 1 is 1.03 bits per heavy atom. The third-order valence-corrected chi connectivity index (χ3v) is 6.23. The molecule has 0 atom stereocenters. The van der Waals surface area contributed by atoms with Crippen molar-refractivity contribution >= 4 is 28.2 Å². The lowest BCUT2D eigenvalue weighted by Crippen LogP contribution is -2.38. The van der Waals surface area contributed by atoms with Gasteiger partial charge in [-0.3, -0.25) is 0 Å². The summed E-state index contributed by atoms with van der Waals surface area (Å²) < 4.78 is 57.9. The van der Waals surface area contributed by atoms with E-state index in [4.69, 9.17) is 9.72 Å². The lowest BCUT2D eigenvalue weighted by Gasteiger charge is -2.33. The molecule has 182 valence electrons. The fourth-order valence-corrected chi connectivity index (χ4v) is 4.24. The molecule has 0 saturated carbocycles. The van der Waals surface area contributed by atoms with E-state index in [1.807, 2.05) is 31.2 Å². The van der Waals surface area contributed by atoms with Crippen molar-refractivity contribution in [2.45, 2.75) is 32.0 Å². The van der Waals surface area contributed by atoms with E-state index >= 15 is 0 Å². The summed E-state index contributed by atoms with van der Waals surface area (Å²) in [7, 11) is 0. The third kappa shape index (κ3) is 5.03. The van der Waals surface area contributed by atoms with Gasteiger partial charge in [0.15, 0.2) is 0 Å². The predicted molar refractivity (Wildman–Crippen MR) is 128 cm³/mol. The largest absolute Gasteiger partial charge is 0.490 e. The molecule has 0 radical (unpaired) electrons. The molecular formula is C26H24F4N4O. The standard InChI is InChI=1S/C26H24F4N4O/c1-16-2-9-24(33-25(16)32-18-5-8-21-22(27)15-31-23(21)14-18)34-12-10-20(11-13-34)35-19-6-3-17(4-7-19)26(28,29)30/h2-9,14-15,20,31H,10-13H2,1H3,(H,32,33). The van der Waals surface area contributed by atoms with E-state index in [1.54, 1.807) is 6.07 Å². The van der Waals surface area contributed by atoms with Crippen LogP contribution in [0.15, 0.2) is 60.8 Å². The van der Waals surface area contributed by atoms with Crippen molar-refractivity contribution in [1.82, 2.24) is 9.97 Å². The van der Waals surface area contributed by atoms with Crippen molar-refractivity contribution in [3.8, 4) is 5.75 Å². The summed E-state index contributed by atoms with van der Waals surface area (Å²) in [6.07, 6.45) is -1.63. The van der Waals surface area contributed by atoms with Crippen LogP contribution in [-0.4, -0.2) is 29.2 Å². The highest BCUT2D eigenvalue weighted by molar-refractivity contribution is 5.84. The summed E-state index contributed by atoms with van der Waals surface area (Å²) in [5.41, 5.74) is 1.80. The maximum Gasteiger partial charge on any atom is 0.416 e. The fourth-order valence-electron chi connectivity index (χ4n) is 4.24. The lowest BCUT2D eigenvalue weighted by molar-refractivity contribution is -0.137. The molecule has 0 spiro atoms. The molecule has 1 aliphatic rings. The number of piperidine rings is 1. The van der Waals surface area contributed by atoms with Gasteiger partial charge in [0.1, 0.15) is 29.3 Å². The Kier molecular flexibility index (Phi) is 6.00. The van der Waals surface area contributed by atoms with Gasteiger partial charge in [-0.25, -0.2) is 9.37 Å². The van der Waals surface area contributed by atoms with Gasteiger partial charge < -0.3 is 19.9 Å². The van der Waals surface area contributed by atoms with Crippen LogP contribution in [0.4, 0.5) is 34.9 Å². The van der Waals surface area contributed by atoms with Gasteiger partial charge in [0.2, 0.25) is 0 Å². The predicted octanol–water partition coefficient (Wildman–Crippen LogP) is 6.82. The number of benzene rings is 2. The van der Waals surface area contributed by atoms with Crippen molar-refractivity contribution in [3.05, 3.63) is 77.7 Å². The van der Waals surface area contributed by atoms with Crippen molar-refractivity contribution < 1.29 is 22.3 Å². The van der Waals surface area contributed by atoms with Gasteiger partial charge in [-0.05, 0) is 61.0 Å². The fraction of sp³-hybridized carbons (Fsp3) is 0.269. The molecule has 1 aliphatic heterocycles. The molecular weight excluding hydrogens is 460 g/mol. The summed E-state index contributed by atoms with van der Waals surface area (Å²) in [5, 5.41) is 3.86. The zero-order valence-corrected chi connectivity index (χ0v) is 19.0. The maximum atomic E-state index is 13.7. The molecule has 1 saturated heterocycles. The van der Waals surface area contributed by atoms with E-state index in [0.717, 1.165) is 47.9 Å². The Hall–Kier alpha value is -3.75. The van der Waals surface area contributed by atoms with Gasteiger partial charge >= 0.3 is 6.18 Å². The average Bonchev–Trinajstić information content (AvgIpc) is 3.21. The average molecular weight is 484 g/mol. The third-order valence-electron chi connectivity index (χ3n) is 6.23. The van der Waals surface area contributed by atoms with E-state index in [1.165, 1.54) is 18.3 Å². The molecule has 0 bridgehead atoms. The van der Waals surface area contributed by atoms with Crippen LogP contribution in [0.3, 0.4) is 0 Å². The molecule has 5 nitrogen and oxygen atoms in total. The topological polar surface area (TPSA) is 53.2 Å². The summed E-state index contributed by atoms with van der Waals surface area (Å²) in [4.78, 5) is 9.89. The highest BCUT2D eigenvalue weighted by Crippen LogP contribution is 2.31. The van der Waals surface area contributed by atoms with Gasteiger partial charge in [-0.15, -0.1) is 0 Å². The Labute approximate surface area is 199 Å². The molecule has 4 aromatic rings. The summed E-state index contributed by atoms with van der Waals surface area (Å²) in [6, 6.07) is 14.2. The number of rotatable bonds is 5. The first-order valence-electron chi connectivity index (χ1n) is 11.4. The smallest absolute Gasteiger partial charge is 0.416 e. The van der Waals surface area contributed by atoms with Crippen molar-refractivity contribution in [2.75, 3.05) is 23.3 Å². The number of hydrogen-bond acceptors (Lipinski definition) is 4. The Bertz CT molecular complexity index is 1330. The number of H-pyrrole nitrogens is 1. The normalized spacial score (nSPS) is 14.9. The number of pyridine rings is 1. The van der Waals surface area contributed by atoms with Crippen molar-refractivity contribution in [2.24, 2.45) is 0 Å². The van der Waals surface area contributed by atoms with Crippen LogP contribution in [-0.2, 0) is 6.18 Å². The second-order valence-electron chi connectivity index (χ2n) is 8.68. The molecule has 2 N–H and O–H groups in total. The Morgan fingerprint density at radius 2 is 1.77 bits per heavy atom. The van der Waals surface area contributed by atoms with Gasteiger partial charge in [-0.1, -0.05) is 6.07 Å². The summed E-state index contributed by atoms with van der Waals surface area (Å²) >= 11 is 0. The first kappa shape index (κ1) is 23.0. The minimum Gasteiger partial charge on any atom is -0.490 e. The monoisotopic (exact) mass is 484 g/mol. The van der Waals surface area contributed by atoms with Crippen LogP contribution < -0.4 is 15.0 Å². The van der Waals surface area contributed by atoms with Crippen molar-refractivity contribution in [1.29, 1.82) is 0 Å². The number of nitrogens with zero attached hydrogens (tertiary/aromatic N) is 2. The number of aryl methyl sites for hydroxylation is 1. The zero-order valence-electron chi connectivity index (χ0n) is 19.0. The Balaban J connectivity index is 1.22. The maximum absolute atomic E-state index is 13.7. The van der Waals surface area contributed by atoms with Crippen LogP contribution >= 0.6 is 0 Å². The molecule has 0 aliphatic carbocycles. The minimum atomic E-state index is -4.36. The van der Waals surface area contributed by atoms with E-state index in [0.29, 0.717) is 29.7 Å². The van der Waals surface area contributed by atoms with Gasteiger partial charge in [0.25, 0.3) is 0 Å². The highest BCUT2D eigenvalue weighted by Gasteiger charge is 2.30. The van der Waals surface area contributed by atoms with E-state index in [-0.39, 0.29) is 11.9 Å². The first-order chi connectivity index (χ1) is 16.8. The molecule has 2 aromatic carbocycles. The minimum absolute atomic E-state index is 0.0704. The molecule has 1 fully saturated rings. The molecule has 9 heteroatoms. The van der Waals surface area contributed by atoms with E-state index in [2.05, 4.69) is 15.2 Å². The summed E-state index contributed by atoms with van der Waals surface area (Å²) in [6.45, 7) is 3.40. The SMILES string of the molecule is Cc1ccc(N2CCC(Oc3ccc(C(F)(F)F)cc3)CC2)nc1Nc1ccc2c(F)c[nH]c2c1. The number of alkyl halides is 3. The first-order valence-corrected chi connectivity index (χ1v) is 11.4. The number of fused-ring (bicyclic) bond motifs is 1. The molecule has 0 unspecified atom stereocenters. The highest BCUT2D eigenvalue weighted by atomic mass is 19.4. The number of nitrogens with one attached hydrogen (secondary N) is 2. The number of hydrogen-bond donors (Lipinski definition) is 2. The zero-order chi connectivity index (χ0) is 24.6. The molecule has 3 heterocycles. The molecule has 2 aromatic heterocycles. The molecule has 0 amide bonds. The van der Waals surface area contributed by atoms with Gasteiger partial charge in [0, 0.05) is 43.2 Å². The quantitative estimate of drug-likeness (QED) is 0.305. The number of halogens is 4. The summed E-state index contributed by atoms with van der Waals surface area (Å²) in [5.74, 6) is 1.71. The van der Waals surface area contributed by atoms with E-state index in [9.17, 15) is 17.6 Å². The van der Waals surface area contributed by atoms with Gasteiger partial charge in [0.05, 0.1) is 11.1 Å².